The molecule has 80 valence electrons. The lowest BCUT2D eigenvalue weighted by Gasteiger charge is -2.31. The van der Waals surface area contributed by atoms with Crippen molar-refractivity contribution in [1.82, 2.24) is 4.90 Å². The van der Waals surface area contributed by atoms with Crippen molar-refractivity contribution in [3.8, 4) is 0 Å². The molecule has 2 fully saturated rings. The van der Waals surface area contributed by atoms with Crippen LogP contribution in [0, 0.1) is 0 Å². The Hall–Kier alpha value is -0.570. The quantitative estimate of drug-likeness (QED) is 0.598. The largest absolute Gasteiger partial charge is 0.363 e. The summed E-state index contributed by atoms with van der Waals surface area (Å²) in [5.74, 6) is 0.276. The third-order valence-electron chi connectivity index (χ3n) is 3.73. The topological polar surface area (TPSA) is 32.8 Å². The Balaban J connectivity index is 1.91. The molecule has 0 bridgehead atoms. The molecule has 2 heterocycles. The molecule has 1 spiro atoms. The van der Waals surface area contributed by atoms with Gasteiger partial charge in [0.1, 0.15) is 5.60 Å². The molecule has 0 unspecified atom stereocenters. The van der Waals surface area contributed by atoms with Crippen molar-refractivity contribution in [2.24, 2.45) is 0 Å². The molecular weight excluding hydrogens is 178 g/mol. The van der Waals surface area contributed by atoms with Crippen LogP contribution in [0.15, 0.2) is 0 Å². The van der Waals surface area contributed by atoms with E-state index in [-0.39, 0.29) is 17.1 Å². The lowest BCUT2D eigenvalue weighted by molar-refractivity contribution is -0.132. The van der Waals surface area contributed by atoms with E-state index in [4.69, 9.17) is 4.74 Å². The summed E-state index contributed by atoms with van der Waals surface area (Å²) in [6.45, 7) is 7.95. The van der Waals surface area contributed by atoms with Crippen LogP contribution in [0.4, 0.5) is 0 Å². The van der Waals surface area contributed by atoms with E-state index in [1.54, 1.807) is 0 Å². The number of piperidine rings is 1. The minimum absolute atomic E-state index is 0.0500. The summed E-state index contributed by atoms with van der Waals surface area (Å²) in [5.41, 5.74) is 0.145. The maximum absolute atomic E-state index is 11.4. The highest BCUT2D eigenvalue weighted by Crippen LogP contribution is 2.53. The molecule has 3 heteroatoms. The molecule has 0 aromatic rings. The van der Waals surface area contributed by atoms with Crippen molar-refractivity contribution >= 4 is 5.91 Å². The zero-order valence-electron chi connectivity index (χ0n) is 9.30. The second-order valence-corrected chi connectivity index (χ2v) is 4.84. The van der Waals surface area contributed by atoms with Crippen molar-refractivity contribution in [3.63, 3.8) is 0 Å². The maximum Gasteiger partial charge on any atom is 0.222 e. The third kappa shape index (κ3) is 1.34. The first-order valence-electron chi connectivity index (χ1n) is 5.49. The molecule has 0 radical (unpaired) electrons. The Morgan fingerprint density at radius 1 is 1.36 bits per heavy atom. The maximum atomic E-state index is 11.4. The fraction of sp³-hybridized carbons (Fsp3) is 0.909. The predicted octanol–water partition coefficient (Wildman–Crippen LogP) is 1.57. The summed E-state index contributed by atoms with van der Waals surface area (Å²) in [4.78, 5) is 13.4. The smallest absolute Gasteiger partial charge is 0.222 e. The van der Waals surface area contributed by atoms with Gasteiger partial charge in [0.25, 0.3) is 0 Å². The van der Waals surface area contributed by atoms with Gasteiger partial charge in [-0.1, -0.05) is 6.92 Å². The summed E-state index contributed by atoms with van der Waals surface area (Å²) < 4.78 is 5.76. The molecule has 1 amide bonds. The van der Waals surface area contributed by atoms with E-state index in [2.05, 4.69) is 13.8 Å². The molecule has 2 saturated heterocycles. The molecule has 0 N–H and O–H groups in total. The van der Waals surface area contributed by atoms with Crippen LogP contribution in [0.25, 0.3) is 0 Å². The van der Waals surface area contributed by atoms with Gasteiger partial charge in [-0.05, 0) is 26.7 Å². The summed E-state index contributed by atoms with van der Waals surface area (Å²) in [6.07, 6.45) is 2.63. The number of rotatable bonds is 1. The van der Waals surface area contributed by atoms with Gasteiger partial charge in [0, 0.05) is 19.5 Å². The standard InChI is InChI=1S/C11H19NO2/c1-4-9(13)12-7-5-11(6-8-12)10(2,3)14-11/h4-8H2,1-3H3. The van der Waals surface area contributed by atoms with Gasteiger partial charge < -0.3 is 9.64 Å². The van der Waals surface area contributed by atoms with E-state index in [1.807, 2.05) is 11.8 Å². The third-order valence-corrected chi connectivity index (χ3v) is 3.73. The molecule has 0 saturated carbocycles. The van der Waals surface area contributed by atoms with Gasteiger partial charge in [-0.3, -0.25) is 4.79 Å². The Morgan fingerprint density at radius 3 is 2.21 bits per heavy atom. The van der Waals surface area contributed by atoms with Gasteiger partial charge in [0.05, 0.1) is 5.60 Å². The highest BCUT2D eigenvalue weighted by Gasteiger charge is 2.63. The van der Waals surface area contributed by atoms with Gasteiger partial charge in [0.15, 0.2) is 0 Å². The van der Waals surface area contributed by atoms with Gasteiger partial charge >= 0.3 is 0 Å². The fourth-order valence-corrected chi connectivity index (χ4v) is 2.51. The molecule has 2 aliphatic rings. The van der Waals surface area contributed by atoms with Gasteiger partial charge in [-0.15, -0.1) is 0 Å². The number of nitrogens with zero attached hydrogens (tertiary/aromatic N) is 1. The number of ether oxygens (including phenoxy) is 1. The monoisotopic (exact) mass is 197 g/mol. The summed E-state index contributed by atoms with van der Waals surface area (Å²) in [5, 5.41) is 0. The first-order chi connectivity index (χ1) is 6.51. The van der Waals surface area contributed by atoms with Crippen molar-refractivity contribution in [2.45, 2.75) is 51.2 Å². The fourth-order valence-electron chi connectivity index (χ4n) is 2.51. The Kier molecular flexibility index (Phi) is 2.11. The number of epoxide rings is 1. The molecule has 14 heavy (non-hydrogen) atoms. The Bertz CT molecular complexity index is 252. The van der Waals surface area contributed by atoms with Gasteiger partial charge in [-0.2, -0.15) is 0 Å². The van der Waals surface area contributed by atoms with E-state index >= 15 is 0 Å². The molecule has 2 aliphatic heterocycles. The molecule has 2 rings (SSSR count). The zero-order valence-corrected chi connectivity index (χ0v) is 9.30. The van der Waals surface area contributed by atoms with Crippen molar-refractivity contribution in [2.75, 3.05) is 13.1 Å². The van der Waals surface area contributed by atoms with Crippen LogP contribution >= 0.6 is 0 Å². The average molecular weight is 197 g/mol. The van der Waals surface area contributed by atoms with Crippen LogP contribution in [0.3, 0.4) is 0 Å². The van der Waals surface area contributed by atoms with Crippen LogP contribution in [-0.4, -0.2) is 35.1 Å². The number of amides is 1. The second-order valence-electron chi connectivity index (χ2n) is 4.84. The van der Waals surface area contributed by atoms with Crippen molar-refractivity contribution in [3.05, 3.63) is 0 Å². The second kappa shape index (κ2) is 2.96. The summed E-state index contributed by atoms with van der Waals surface area (Å²) in [7, 11) is 0. The van der Waals surface area contributed by atoms with Gasteiger partial charge in [-0.25, -0.2) is 0 Å². The Labute approximate surface area is 85.4 Å². The normalized spacial score (nSPS) is 27.8. The predicted molar refractivity (Wildman–Crippen MR) is 54.0 cm³/mol. The highest BCUT2D eigenvalue weighted by molar-refractivity contribution is 5.75. The van der Waals surface area contributed by atoms with E-state index < -0.39 is 0 Å². The molecule has 3 nitrogen and oxygen atoms in total. The van der Waals surface area contributed by atoms with E-state index in [1.165, 1.54) is 0 Å². The van der Waals surface area contributed by atoms with Crippen LogP contribution in [0.5, 0.6) is 0 Å². The number of carbonyl (C=O) groups excluding carboxylic acids is 1. The van der Waals surface area contributed by atoms with Crippen molar-refractivity contribution in [1.29, 1.82) is 0 Å². The van der Waals surface area contributed by atoms with E-state index in [0.29, 0.717) is 6.42 Å². The lowest BCUT2D eigenvalue weighted by atomic mass is 9.86. The summed E-state index contributed by atoms with van der Waals surface area (Å²) in [6, 6.07) is 0. The Morgan fingerprint density at radius 2 is 1.86 bits per heavy atom. The lowest BCUT2D eigenvalue weighted by Crippen LogP contribution is -2.43. The SMILES string of the molecule is CCC(=O)N1CCC2(CC1)OC2(C)C. The van der Waals surface area contributed by atoms with Crippen LogP contribution in [0.2, 0.25) is 0 Å². The van der Waals surface area contributed by atoms with E-state index in [9.17, 15) is 4.79 Å². The first kappa shape index (κ1) is 9.97. The molecule has 0 atom stereocenters. The zero-order chi connectivity index (χ0) is 10.4. The van der Waals surface area contributed by atoms with Crippen LogP contribution in [-0.2, 0) is 9.53 Å². The van der Waals surface area contributed by atoms with E-state index in [0.717, 1.165) is 25.9 Å². The number of hydrogen-bond acceptors (Lipinski definition) is 2. The first-order valence-corrected chi connectivity index (χ1v) is 5.49. The van der Waals surface area contributed by atoms with Crippen molar-refractivity contribution < 1.29 is 9.53 Å². The van der Waals surface area contributed by atoms with Crippen LogP contribution < -0.4 is 0 Å². The number of carbonyl (C=O) groups is 1. The molecule has 0 aromatic heterocycles. The minimum atomic E-state index is 0.0500. The number of hydrogen-bond donors (Lipinski definition) is 0. The van der Waals surface area contributed by atoms with Crippen LogP contribution in [0.1, 0.15) is 40.0 Å². The minimum Gasteiger partial charge on any atom is -0.363 e. The molecular formula is C11H19NO2. The summed E-state index contributed by atoms with van der Waals surface area (Å²) >= 11 is 0. The molecule has 0 aliphatic carbocycles. The molecule has 0 aromatic carbocycles. The number of likely N-dealkylation sites (tertiary alicyclic amines) is 1. The highest BCUT2D eigenvalue weighted by atomic mass is 16.6. The van der Waals surface area contributed by atoms with Gasteiger partial charge in [0.2, 0.25) is 5.91 Å². The average Bonchev–Trinajstić information content (AvgIpc) is 2.68.